The van der Waals surface area contributed by atoms with Gasteiger partial charge in [0.15, 0.2) is 5.82 Å². The highest BCUT2D eigenvalue weighted by molar-refractivity contribution is 9.10. The van der Waals surface area contributed by atoms with E-state index in [1.54, 1.807) is 41.2 Å². The number of hydrogen-bond acceptors (Lipinski definition) is 4. The van der Waals surface area contributed by atoms with E-state index >= 15 is 0 Å². The number of aromatic nitrogens is 2. The van der Waals surface area contributed by atoms with Crippen LogP contribution in [0.4, 0.5) is 5.82 Å². The number of hydrogen-bond donors (Lipinski definition) is 1. The number of nitrogens with zero attached hydrogens (tertiary/aromatic N) is 2. The van der Waals surface area contributed by atoms with Crippen LogP contribution >= 0.6 is 39.1 Å². The molecule has 28 heavy (non-hydrogen) atoms. The molecule has 0 spiro atoms. The number of methoxy groups -OCH3 is 2. The highest BCUT2D eigenvalue weighted by atomic mass is 79.9. The van der Waals surface area contributed by atoms with Crippen molar-refractivity contribution in [3.8, 4) is 11.5 Å². The van der Waals surface area contributed by atoms with Crippen molar-refractivity contribution in [3.63, 3.8) is 0 Å². The molecule has 0 saturated heterocycles. The Labute approximate surface area is 180 Å². The molecule has 0 fully saturated rings. The maximum atomic E-state index is 12.8. The van der Waals surface area contributed by atoms with E-state index in [1.807, 2.05) is 6.07 Å². The number of ether oxygens (including phenoxy) is 2. The van der Waals surface area contributed by atoms with Gasteiger partial charge in [0.2, 0.25) is 0 Å². The molecule has 0 saturated carbocycles. The van der Waals surface area contributed by atoms with E-state index in [-0.39, 0.29) is 5.56 Å². The van der Waals surface area contributed by atoms with Crippen molar-refractivity contribution in [2.45, 2.75) is 6.54 Å². The van der Waals surface area contributed by atoms with E-state index in [0.29, 0.717) is 38.4 Å². The lowest BCUT2D eigenvalue weighted by atomic mass is 10.1. The van der Waals surface area contributed by atoms with Gasteiger partial charge < -0.3 is 14.8 Å². The monoisotopic (exact) mass is 483 g/mol. The average molecular weight is 485 g/mol. The van der Waals surface area contributed by atoms with Crippen LogP contribution in [0, 0.1) is 0 Å². The van der Waals surface area contributed by atoms with Gasteiger partial charge in [-0.15, -0.1) is 0 Å². The summed E-state index contributed by atoms with van der Waals surface area (Å²) in [5.74, 6) is 0.772. The molecule has 1 heterocycles. The number of nitrogens with one attached hydrogen (secondary N) is 1. The topological polar surface area (TPSA) is 65.4 Å². The largest absolute Gasteiger partial charge is 0.496 e. The van der Waals surface area contributed by atoms with E-state index in [2.05, 4.69) is 26.3 Å². The van der Waals surface area contributed by atoms with Gasteiger partial charge in [0, 0.05) is 16.2 Å². The lowest BCUT2D eigenvalue weighted by Crippen LogP contribution is -2.15. The number of anilines is 1. The van der Waals surface area contributed by atoms with Gasteiger partial charge in [0.05, 0.1) is 25.2 Å². The molecule has 0 aliphatic carbocycles. The Morgan fingerprint density at radius 2 is 1.86 bits per heavy atom. The Balaban J connectivity index is 1.83. The van der Waals surface area contributed by atoms with Crippen molar-refractivity contribution in [3.05, 3.63) is 68.2 Å². The SMILES string of the molecule is COc1cccc(OC)c1C(=O)Nc1nn(Cc2ccc(Cl)cc2Cl)cc1Br. The lowest BCUT2D eigenvalue weighted by Gasteiger charge is -2.12. The minimum Gasteiger partial charge on any atom is -0.496 e. The zero-order chi connectivity index (χ0) is 20.3. The molecule has 6 nitrogen and oxygen atoms in total. The quantitative estimate of drug-likeness (QED) is 0.517. The van der Waals surface area contributed by atoms with Gasteiger partial charge in [-0.3, -0.25) is 9.48 Å². The van der Waals surface area contributed by atoms with Crippen LogP contribution in [0.2, 0.25) is 10.0 Å². The van der Waals surface area contributed by atoms with Crippen LogP contribution in [0.1, 0.15) is 15.9 Å². The smallest absolute Gasteiger partial charge is 0.264 e. The Bertz CT molecular complexity index is 1000. The fraction of sp³-hybridized carbons (Fsp3) is 0.158. The number of rotatable bonds is 6. The summed E-state index contributed by atoms with van der Waals surface area (Å²) in [7, 11) is 2.98. The molecule has 0 atom stereocenters. The first-order valence-electron chi connectivity index (χ1n) is 8.12. The maximum absolute atomic E-state index is 12.8. The zero-order valence-corrected chi connectivity index (χ0v) is 18.1. The van der Waals surface area contributed by atoms with Crippen LogP contribution in [-0.2, 0) is 6.54 Å². The van der Waals surface area contributed by atoms with Crippen molar-refractivity contribution >= 4 is 50.9 Å². The Kier molecular flexibility index (Phi) is 6.49. The van der Waals surface area contributed by atoms with Crippen LogP contribution < -0.4 is 14.8 Å². The summed E-state index contributed by atoms with van der Waals surface area (Å²) in [4.78, 5) is 12.8. The molecule has 3 aromatic rings. The summed E-state index contributed by atoms with van der Waals surface area (Å²) < 4.78 is 12.8. The van der Waals surface area contributed by atoms with Crippen LogP contribution in [-0.4, -0.2) is 29.9 Å². The van der Waals surface area contributed by atoms with E-state index in [9.17, 15) is 4.79 Å². The number of amides is 1. The fourth-order valence-corrected chi connectivity index (χ4v) is 3.52. The minimum absolute atomic E-state index is 0.287. The molecule has 1 amide bonds. The van der Waals surface area contributed by atoms with Crippen molar-refractivity contribution in [1.29, 1.82) is 0 Å². The normalized spacial score (nSPS) is 10.6. The predicted octanol–water partition coefficient (Wildman–Crippen LogP) is 5.27. The highest BCUT2D eigenvalue weighted by Gasteiger charge is 2.20. The fourth-order valence-electron chi connectivity index (χ4n) is 2.63. The van der Waals surface area contributed by atoms with Crippen molar-refractivity contribution in [2.24, 2.45) is 0 Å². The molecule has 0 radical (unpaired) electrons. The lowest BCUT2D eigenvalue weighted by molar-refractivity contribution is 0.102. The van der Waals surface area contributed by atoms with E-state index < -0.39 is 5.91 Å². The van der Waals surface area contributed by atoms with Crippen molar-refractivity contribution in [1.82, 2.24) is 9.78 Å². The third kappa shape index (κ3) is 4.43. The molecule has 0 aliphatic heterocycles. The summed E-state index contributed by atoms with van der Waals surface area (Å²) in [6.07, 6.45) is 1.75. The Hall–Kier alpha value is -2.22. The highest BCUT2D eigenvalue weighted by Crippen LogP contribution is 2.30. The second-order valence-corrected chi connectivity index (χ2v) is 7.45. The van der Waals surface area contributed by atoms with Gasteiger partial charge in [-0.2, -0.15) is 5.10 Å². The molecule has 0 bridgehead atoms. The summed E-state index contributed by atoms with van der Waals surface area (Å²) in [5, 5.41) is 8.29. The van der Waals surface area contributed by atoms with Gasteiger partial charge in [-0.1, -0.05) is 35.3 Å². The van der Waals surface area contributed by atoms with Crippen molar-refractivity contribution in [2.75, 3.05) is 19.5 Å². The zero-order valence-electron chi connectivity index (χ0n) is 15.0. The van der Waals surface area contributed by atoms with Crippen LogP contribution in [0.15, 0.2) is 47.1 Å². The molecule has 3 rings (SSSR count). The molecule has 1 N–H and O–H groups in total. The summed E-state index contributed by atoms with van der Waals surface area (Å²) in [6.45, 7) is 0.419. The molecule has 0 aliphatic rings. The Morgan fingerprint density at radius 3 is 2.46 bits per heavy atom. The van der Waals surface area contributed by atoms with Gasteiger partial charge in [-0.05, 0) is 45.8 Å². The molecule has 1 aromatic heterocycles. The predicted molar refractivity (Wildman–Crippen MR) is 113 cm³/mol. The average Bonchev–Trinajstić information content (AvgIpc) is 3.02. The molecule has 146 valence electrons. The first-order chi connectivity index (χ1) is 13.4. The van der Waals surface area contributed by atoms with Crippen LogP contribution in [0.3, 0.4) is 0 Å². The first-order valence-corrected chi connectivity index (χ1v) is 9.67. The van der Waals surface area contributed by atoms with E-state index in [4.69, 9.17) is 32.7 Å². The second-order valence-electron chi connectivity index (χ2n) is 5.75. The van der Waals surface area contributed by atoms with Gasteiger partial charge in [-0.25, -0.2) is 0 Å². The molecular formula is C19H16BrCl2N3O3. The molecule has 9 heteroatoms. The Morgan fingerprint density at radius 1 is 1.18 bits per heavy atom. The number of benzene rings is 2. The van der Waals surface area contributed by atoms with Gasteiger partial charge >= 0.3 is 0 Å². The summed E-state index contributed by atoms with van der Waals surface area (Å²) in [6, 6.07) is 10.4. The second kappa shape index (κ2) is 8.86. The summed E-state index contributed by atoms with van der Waals surface area (Å²) in [5.41, 5.74) is 1.14. The molecular weight excluding hydrogens is 469 g/mol. The minimum atomic E-state index is -0.398. The van der Waals surface area contributed by atoms with Gasteiger partial charge in [0.1, 0.15) is 17.1 Å². The third-order valence-corrected chi connectivity index (χ3v) is 5.12. The van der Waals surface area contributed by atoms with Crippen molar-refractivity contribution < 1.29 is 14.3 Å². The maximum Gasteiger partial charge on any atom is 0.264 e. The number of halogens is 3. The van der Waals surface area contributed by atoms with E-state index in [0.717, 1.165) is 5.56 Å². The van der Waals surface area contributed by atoms with Gasteiger partial charge in [0.25, 0.3) is 5.91 Å². The standard InChI is InChI=1S/C19H16BrCl2N3O3/c1-27-15-4-3-5-16(28-2)17(15)19(26)23-18-13(20)10-25(24-18)9-11-6-7-12(21)8-14(11)22/h3-8,10H,9H2,1-2H3,(H,23,24,26). The van der Waals surface area contributed by atoms with Crippen LogP contribution in [0.25, 0.3) is 0 Å². The summed E-state index contributed by atoms with van der Waals surface area (Å²) >= 11 is 15.6. The number of carbonyl (C=O) groups is 1. The number of carbonyl (C=O) groups excluding carboxylic acids is 1. The third-order valence-electron chi connectivity index (χ3n) is 3.95. The molecule has 2 aromatic carbocycles. The first kappa shape index (κ1) is 20.5. The van der Waals surface area contributed by atoms with E-state index in [1.165, 1.54) is 14.2 Å². The molecule has 0 unspecified atom stereocenters. The van der Waals surface area contributed by atoms with Crippen LogP contribution in [0.5, 0.6) is 11.5 Å².